The Morgan fingerprint density at radius 2 is 1.80 bits per heavy atom. The fraction of sp³-hybridized carbons (Fsp3) is 0.200. The highest BCUT2D eigenvalue weighted by Crippen LogP contribution is 2.31. The summed E-state index contributed by atoms with van der Waals surface area (Å²) in [7, 11) is 1.36. The average Bonchev–Trinajstić information content (AvgIpc) is 3.04. The van der Waals surface area contributed by atoms with E-state index in [0.717, 1.165) is 22.2 Å². The molecule has 0 radical (unpaired) electrons. The lowest BCUT2D eigenvalue weighted by atomic mass is 9.96. The highest BCUT2D eigenvalue weighted by Gasteiger charge is 2.37. The summed E-state index contributed by atoms with van der Waals surface area (Å²) in [6, 6.07) is 16.4. The molecule has 3 aromatic rings. The van der Waals surface area contributed by atoms with Gasteiger partial charge in [0.2, 0.25) is 0 Å². The van der Waals surface area contributed by atoms with E-state index in [1.54, 1.807) is 17.0 Å². The van der Waals surface area contributed by atoms with Crippen LogP contribution in [-0.2, 0) is 22.5 Å². The second-order valence-electron chi connectivity index (χ2n) is 6.17. The molecule has 5 nitrogen and oxygen atoms in total. The zero-order chi connectivity index (χ0) is 17.4. The summed E-state index contributed by atoms with van der Waals surface area (Å²) in [5.74, 6) is -0.555. The van der Waals surface area contributed by atoms with Gasteiger partial charge in [-0.3, -0.25) is 4.79 Å². The second kappa shape index (κ2) is 6.09. The summed E-state index contributed by atoms with van der Waals surface area (Å²) in [5.41, 5.74) is 3.65. The number of fused-ring (bicyclic) bond motifs is 3. The number of aromatic nitrogens is 1. The van der Waals surface area contributed by atoms with E-state index in [2.05, 4.69) is 4.98 Å². The van der Waals surface area contributed by atoms with Crippen molar-refractivity contribution in [3.63, 3.8) is 0 Å². The normalized spacial score (nSPS) is 16.5. The molecule has 2 heterocycles. The van der Waals surface area contributed by atoms with Crippen LogP contribution in [0.4, 0.5) is 0 Å². The quantitative estimate of drug-likeness (QED) is 0.733. The molecule has 126 valence electrons. The zero-order valence-corrected chi connectivity index (χ0v) is 13.9. The number of rotatable bonds is 2. The molecule has 1 aliphatic heterocycles. The van der Waals surface area contributed by atoms with Crippen LogP contribution >= 0.6 is 0 Å². The number of nitrogens with zero attached hydrogens (tertiary/aromatic N) is 1. The molecule has 0 saturated heterocycles. The number of methoxy groups -OCH3 is 1. The van der Waals surface area contributed by atoms with Gasteiger partial charge in [0.1, 0.15) is 6.04 Å². The Labute approximate surface area is 145 Å². The molecule has 0 bridgehead atoms. The van der Waals surface area contributed by atoms with Gasteiger partial charge in [0.15, 0.2) is 0 Å². The summed E-state index contributed by atoms with van der Waals surface area (Å²) in [6.45, 7) is 0.359. The van der Waals surface area contributed by atoms with Crippen molar-refractivity contribution in [3.05, 3.63) is 71.4 Å². The molecular weight excluding hydrogens is 316 g/mol. The number of hydrogen-bond donors (Lipinski definition) is 1. The van der Waals surface area contributed by atoms with Gasteiger partial charge >= 0.3 is 5.97 Å². The van der Waals surface area contributed by atoms with Crippen molar-refractivity contribution in [3.8, 4) is 0 Å². The summed E-state index contributed by atoms with van der Waals surface area (Å²) >= 11 is 0. The lowest BCUT2D eigenvalue weighted by Crippen LogP contribution is -2.49. The molecule has 1 amide bonds. The maximum absolute atomic E-state index is 13.0. The minimum atomic E-state index is -0.621. The molecule has 1 unspecified atom stereocenters. The summed E-state index contributed by atoms with van der Waals surface area (Å²) in [4.78, 5) is 30.3. The van der Waals surface area contributed by atoms with E-state index in [1.807, 2.05) is 42.5 Å². The van der Waals surface area contributed by atoms with Gasteiger partial charge < -0.3 is 14.6 Å². The van der Waals surface area contributed by atoms with Crippen LogP contribution in [0.5, 0.6) is 0 Å². The first-order chi connectivity index (χ1) is 12.2. The van der Waals surface area contributed by atoms with E-state index >= 15 is 0 Å². The first-order valence-corrected chi connectivity index (χ1v) is 8.21. The number of para-hydroxylation sites is 1. The van der Waals surface area contributed by atoms with Crippen LogP contribution in [0.2, 0.25) is 0 Å². The van der Waals surface area contributed by atoms with Crippen LogP contribution in [0.25, 0.3) is 10.9 Å². The number of esters is 1. The molecule has 0 saturated carbocycles. The van der Waals surface area contributed by atoms with Crippen LogP contribution in [-0.4, -0.2) is 34.9 Å². The van der Waals surface area contributed by atoms with Crippen LogP contribution in [0.15, 0.2) is 54.6 Å². The van der Waals surface area contributed by atoms with Crippen molar-refractivity contribution in [2.45, 2.75) is 19.0 Å². The fourth-order valence-corrected chi connectivity index (χ4v) is 3.51. The molecule has 0 aliphatic carbocycles. The number of nitrogens with one attached hydrogen (secondary N) is 1. The minimum Gasteiger partial charge on any atom is -0.467 e. The second-order valence-corrected chi connectivity index (χ2v) is 6.17. The van der Waals surface area contributed by atoms with Gasteiger partial charge in [-0.05, 0) is 23.8 Å². The highest BCUT2D eigenvalue weighted by atomic mass is 16.5. The zero-order valence-electron chi connectivity index (χ0n) is 13.9. The maximum Gasteiger partial charge on any atom is 0.328 e. The van der Waals surface area contributed by atoms with Gasteiger partial charge in [-0.1, -0.05) is 36.4 Å². The summed E-state index contributed by atoms with van der Waals surface area (Å²) in [5, 5.41) is 1.10. The number of benzene rings is 2. The van der Waals surface area contributed by atoms with E-state index in [9.17, 15) is 9.59 Å². The molecule has 1 aliphatic rings. The lowest BCUT2D eigenvalue weighted by Gasteiger charge is -2.34. The molecule has 1 aromatic heterocycles. The Bertz CT molecular complexity index is 946. The fourth-order valence-electron chi connectivity index (χ4n) is 3.51. The number of ether oxygens (including phenoxy) is 1. The molecule has 4 rings (SSSR count). The van der Waals surface area contributed by atoms with Crippen molar-refractivity contribution in [2.75, 3.05) is 7.11 Å². The molecule has 2 aromatic carbocycles. The van der Waals surface area contributed by atoms with Crippen LogP contribution in [0, 0.1) is 0 Å². The van der Waals surface area contributed by atoms with Crippen LogP contribution < -0.4 is 0 Å². The van der Waals surface area contributed by atoms with Gasteiger partial charge in [-0.2, -0.15) is 0 Å². The van der Waals surface area contributed by atoms with E-state index in [0.29, 0.717) is 18.5 Å². The van der Waals surface area contributed by atoms with Gasteiger partial charge in [0, 0.05) is 28.6 Å². The third-order valence-corrected chi connectivity index (χ3v) is 4.76. The topological polar surface area (TPSA) is 62.4 Å². The third kappa shape index (κ3) is 2.58. The Morgan fingerprint density at radius 1 is 1.08 bits per heavy atom. The van der Waals surface area contributed by atoms with E-state index in [-0.39, 0.29) is 11.9 Å². The van der Waals surface area contributed by atoms with Gasteiger partial charge in [-0.15, -0.1) is 0 Å². The first-order valence-electron chi connectivity index (χ1n) is 8.21. The molecule has 25 heavy (non-hydrogen) atoms. The monoisotopic (exact) mass is 334 g/mol. The van der Waals surface area contributed by atoms with Crippen molar-refractivity contribution in [2.24, 2.45) is 0 Å². The van der Waals surface area contributed by atoms with Crippen LogP contribution in [0.1, 0.15) is 21.6 Å². The molecule has 0 fully saturated rings. The Balaban J connectivity index is 1.77. The Kier molecular flexibility index (Phi) is 3.76. The van der Waals surface area contributed by atoms with Gasteiger partial charge in [0.25, 0.3) is 5.91 Å². The minimum absolute atomic E-state index is 0.166. The average molecular weight is 334 g/mol. The highest BCUT2D eigenvalue weighted by molar-refractivity contribution is 5.98. The molecule has 1 N–H and O–H groups in total. The number of carbonyl (C=O) groups is 2. The molecular formula is C20H18N2O3. The van der Waals surface area contributed by atoms with Crippen molar-refractivity contribution in [1.82, 2.24) is 9.88 Å². The number of H-pyrrole nitrogens is 1. The van der Waals surface area contributed by atoms with E-state index in [1.165, 1.54) is 7.11 Å². The van der Waals surface area contributed by atoms with Gasteiger partial charge in [-0.25, -0.2) is 4.79 Å². The Morgan fingerprint density at radius 3 is 2.56 bits per heavy atom. The van der Waals surface area contributed by atoms with E-state index < -0.39 is 6.04 Å². The lowest BCUT2D eigenvalue weighted by molar-refractivity contribution is -0.146. The maximum atomic E-state index is 13.0. The van der Waals surface area contributed by atoms with Crippen molar-refractivity contribution >= 4 is 22.8 Å². The first kappa shape index (κ1) is 15.4. The van der Waals surface area contributed by atoms with Crippen LogP contribution in [0.3, 0.4) is 0 Å². The predicted molar refractivity (Wildman–Crippen MR) is 94.1 cm³/mol. The van der Waals surface area contributed by atoms with Crippen molar-refractivity contribution < 1.29 is 14.3 Å². The number of hydrogen-bond acceptors (Lipinski definition) is 3. The largest absolute Gasteiger partial charge is 0.467 e. The SMILES string of the molecule is COC(=O)C1Cc2c([nH]c3ccccc23)CN1C(=O)c1ccccc1. The number of carbonyl (C=O) groups excluding carboxylic acids is 2. The smallest absolute Gasteiger partial charge is 0.328 e. The Hall–Kier alpha value is -3.08. The molecule has 5 heteroatoms. The standard InChI is InChI=1S/C20H18N2O3/c1-25-20(24)18-11-15-14-9-5-6-10-16(14)21-17(15)12-22(18)19(23)13-7-3-2-4-8-13/h2-10,18,21H,11-12H2,1H3. The summed E-state index contributed by atoms with van der Waals surface area (Å²) < 4.78 is 4.97. The number of amides is 1. The molecule has 0 spiro atoms. The van der Waals surface area contributed by atoms with Crippen molar-refractivity contribution in [1.29, 1.82) is 0 Å². The summed E-state index contributed by atoms with van der Waals surface area (Å²) in [6.07, 6.45) is 0.449. The van der Waals surface area contributed by atoms with E-state index in [4.69, 9.17) is 4.74 Å². The molecule has 1 atom stereocenters. The third-order valence-electron chi connectivity index (χ3n) is 4.76. The van der Waals surface area contributed by atoms with Gasteiger partial charge in [0.05, 0.1) is 13.7 Å². The number of aromatic amines is 1. The predicted octanol–water partition coefficient (Wildman–Crippen LogP) is 2.91.